The zero-order valence-corrected chi connectivity index (χ0v) is 17.1. The number of rotatable bonds is 5. The van der Waals surface area contributed by atoms with Crippen LogP contribution in [0.2, 0.25) is 0 Å². The molecule has 6 nitrogen and oxygen atoms in total. The summed E-state index contributed by atoms with van der Waals surface area (Å²) in [5.74, 6) is -1.36. The Morgan fingerprint density at radius 3 is 2.19 bits per heavy atom. The van der Waals surface area contributed by atoms with Crippen molar-refractivity contribution in [1.82, 2.24) is 9.88 Å². The third-order valence-corrected chi connectivity index (χ3v) is 5.57. The average molecular weight is 421 g/mol. The van der Waals surface area contributed by atoms with Crippen molar-refractivity contribution in [2.75, 3.05) is 5.32 Å². The Bertz CT molecular complexity index is 1320. The molecule has 3 aromatic carbocycles. The minimum atomic E-state index is -1.00. The van der Waals surface area contributed by atoms with Gasteiger partial charge in [-0.3, -0.25) is 24.3 Å². The van der Waals surface area contributed by atoms with Crippen LogP contribution >= 0.6 is 0 Å². The number of amides is 3. The van der Waals surface area contributed by atoms with Crippen molar-refractivity contribution in [3.8, 4) is 0 Å². The van der Waals surface area contributed by atoms with Crippen molar-refractivity contribution in [2.45, 2.75) is 12.5 Å². The van der Waals surface area contributed by atoms with Gasteiger partial charge in [-0.05, 0) is 29.8 Å². The minimum absolute atomic E-state index is 0.207. The van der Waals surface area contributed by atoms with Gasteiger partial charge in [-0.25, -0.2) is 0 Å². The molecule has 0 bridgehead atoms. The number of hydrogen-bond donors (Lipinski definition) is 1. The Kier molecular flexibility index (Phi) is 4.95. The van der Waals surface area contributed by atoms with Crippen LogP contribution < -0.4 is 5.32 Å². The molecule has 1 aromatic heterocycles. The summed E-state index contributed by atoms with van der Waals surface area (Å²) in [5.41, 5.74) is 2.79. The lowest BCUT2D eigenvalue weighted by Gasteiger charge is -2.25. The van der Waals surface area contributed by atoms with E-state index >= 15 is 0 Å². The molecule has 156 valence electrons. The molecule has 1 unspecified atom stereocenters. The molecule has 4 aromatic rings. The van der Waals surface area contributed by atoms with Gasteiger partial charge in [0.2, 0.25) is 5.91 Å². The fourth-order valence-corrected chi connectivity index (χ4v) is 3.99. The van der Waals surface area contributed by atoms with Gasteiger partial charge in [0.25, 0.3) is 11.8 Å². The number of nitrogens with zero attached hydrogens (tertiary/aromatic N) is 2. The smallest absolute Gasteiger partial charge is 0.262 e. The van der Waals surface area contributed by atoms with E-state index in [1.54, 1.807) is 30.5 Å². The van der Waals surface area contributed by atoms with E-state index in [1.807, 2.05) is 60.7 Å². The van der Waals surface area contributed by atoms with Crippen LogP contribution in [0.1, 0.15) is 26.3 Å². The Hall–Kier alpha value is -4.32. The highest BCUT2D eigenvalue weighted by molar-refractivity contribution is 6.23. The zero-order chi connectivity index (χ0) is 22.1. The summed E-state index contributed by atoms with van der Waals surface area (Å²) >= 11 is 0. The highest BCUT2D eigenvalue weighted by atomic mass is 16.2. The first-order valence-corrected chi connectivity index (χ1v) is 10.3. The number of fused-ring (bicyclic) bond motifs is 2. The van der Waals surface area contributed by atoms with Crippen LogP contribution in [0.3, 0.4) is 0 Å². The predicted molar refractivity (Wildman–Crippen MR) is 121 cm³/mol. The van der Waals surface area contributed by atoms with Crippen molar-refractivity contribution >= 4 is 34.3 Å². The van der Waals surface area contributed by atoms with E-state index < -0.39 is 23.8 Å². The Balaban J connectivity index is 1.49. The highest BCUT2D eigenvalue weighted by Gasteiger charge is 2.42. The van der Waals surface area contributed by atoms with Crippen molar-refractivity contribution in [3.05, 3.63) is 108 Å². The zero-order valence-electron chi connectivity index (χ0n) is 17.1. The van der Waals surface area contributed by atoms with E-state index in [4.69, 9.17) is 0 Å². The maximum absolute atomic E-state index is 13.4. The summed E-state index contributed by atoms with van der Waals surface area (Å²) in [6.45, 7) is 0. The third kappa shape index (κ3) is 3.52. The molecule has 0 saturated carbocycles. The second-order valence-corrected chi connectivity index (χ2v) is 7.64. The first-order valence-electron chi connectivity index (χ1n) is 10.3. The lowest BCUT2D eigenvalue weighted by Crippen LogP contribution is -2.48. The normalized spacial score (nSPS) is 13.8. The van der Waals surface area contributed by atoms with Gasteiger partial charge in [0.05, 0.1) is 28.5 Å². The molecule has 0 spiro atoms. The number of aromatic nitrogens is 1. The van der Waals surface area contributed by atoms with Gasteiger partial charge < -0.3 is 5.32 Å². The van der Waals surface area contributed by atoms with Gasteiger partial charge >= 0.3 is 0 Å². The molecule has 5 rings (SSSR count). The van der Waals surface area contributed by atoms with E-state index in [0.29, 0.717) is 16.8 Å². The van der Waals surface area contributed by atoms with Crippen molar-refractivity contribution < 1.29 is 14.4 Å². The second kappa shape index (κ2) is 8.07. The van der Waals surface area contributed by atoms with Gasteiger partial charge in [-0.15, -0.1) is 0 Å². The molecular formula is C26H19N3O3. The molecule has 1 aliphatic heterocycles. The van der Waals surface area contributed by atoms with Gasteiger partial charge in [-0.1, -0.05) is 60.7 Å². The highest BCUT2D eigenvalue weighted by Crippen LogP contribution is 2.27. The third-order valence-electron chi connectivity index (χ3n) is 5.57. The number of carbonyl (C=O) groups is 3. The molecule has 0 saturated heterocycles. The fourth-order valence-electron chi connectivity index (χ4n) is 3.99. The van der Waals surface area contributed by atoms with Crippen LogP contribution in [0.4, 0.5) is 5.69 Å². The lowest BCUT2D eigenvalue weighted by atomic mass is 10.0. The van der Waals surface area contributed by atoms with Crippen molar-refractivity contribution in [3.63, 3.8) is 0 Å². The van der Waals surface area contributed by atoms with E-state index in [1.165, 1.54) is 0 Å². The number of nitrogens with one attached hydrogen (secondary N) is 1. The number of benzene rings is 3. The fraction of sp³-hybridized carbons (Fsp3) is 0.0769. The molecule has 6 heteroatoms. The standard InChI is InChI=1S/C26H19N3O3/c30-24(28-19-15-18-10-4-7-13-22(18)27-16-19)23(14-17-8-2-1-3-9-17)29-25(31)20-11-5-6-12-21(20)26(29)32/h1-13,15-16,23H,14H2,(H,28,30). The molecule has 0 radical (unpaired) electrons. The van der Waals surface area contributed by atoms with Gasteiger partial charge in [-0.2, -0.15) is 0 Å². The van der Waals surface area contributed by atoms with Crippen molar-refractivity contribution in [1.29, 1.82) is 0 Å². The van der Waals surface area contributed by atoms with Crippen LogP contribution in [0.25, 0.3) is 10.9 Å². The number of hydrogen-bond acceptors (Lipinski definition) is 4. The van der Waals surface area contributed by atoms with Gasteiger partial charge in [0, 0.05) is 11.8 Å². The second-order valence-electron chi connectivity index (χ2n) is 7.64. The van der Waals surface area contributed by atoms with Crippen LogP contribution in [0.15, 0.2) is 91.1 Å². The maximum Gasteiger partial charge on any atom is 0.262 e. The molecule has 1 N–H and O–H groups in total. The molecule has 3 amide bonds. The molecule has 0 aliphatic carbocycles. The number of carbonyl (C=O) groups excluding carboxylic acids is 3. The van der Waals surface area contributed by atoms with E-state index in [-0.39, 0.29) is 6.42 Å². The molecule has 0 fully saturated rings. The quantitative estimate of drug-likeness (QED) is 0.493. The first-order chi connectivity index (χ1) is 15.6. The number of para-hydroxylation sites is 1. The van der Waals surface area contributed by atoms with Gasteiger partial charge in [0.15, 0.2) is 0 Å². The molecular weight excluding hydrogens is 402 g/mol. The summed E-state index contributed by atoms with van der Waals surface area (Å²) in [5, 5.41) is 3.73. The minimum Gasteiger partial charge on any atom is -0.323 e. The van der Waals surface area contributed by atoms with Gasteiger partial charge in [0.1, 0.15) is 6.04 Å². The Labute approximate surface area is 184 Å². The summed E-state index contributed by atoms with van der Waals surface area (Å²) in [7, 11) is 0. The number of anilines is 1. The van der Waals surface area contributed by atoms with Crippen molar-refractivity contribution in [2.24, 2.45) is 0 Å². The lowest BCUT2D eigenvalue weighted by molar-refractivity contribution is -0.119. The summed E-state index contributed by atoms with van der Waals surface area (Å²) in [6.07, 6.45) is 1.78. The summed E-state index contributed by atoms with van der Waals surface area (Å²) in [6, 6.07) is 24.4. The van der Waals surface area contributed by atoms with E-state index in [0.717, 1.165) is 21.4 Å². The molecule has 1 aliphatic rings. The Morgan fingerprint density at radius 2 is 1.47 bits per heavy atom. The van der Waals surface area contributed by atoms with Crippen LogP contribution in [0.5, 0.6) is 0 Å². The maximum atomic E-state index is 13.4. The summed E-state index contributed by atoms with van der Waals surface area (Å²) < 4.78 is 0. The SMILES string of the molecule is O=C(Nc1cnc2ccccc2c1)C(Cc1ccccc1)N1C(=O)c2ccccc2C1=O. The van der Waals surface area contributed by atoms with Crippen LogP contribution in [-0.4, -0.2) is 33.6 Å². The largest absolute Gasteiger partial charge is 0.323 e. The van der Waals surface area contributed by atoms with Crippen LogP contribution in [0, 0.1) is 0 Å². The first kappa shape index (κ1) is 19.6. The van der Waals surface area contributed by atoms with Crippen LogP contribution in [-0.2, 0) is 11.2 Å². The monoisotopic (exact) mass is 421 g/mol. The topological polar surface area (TPSA) is 79.4 Å². The van der Waals surface area contributed by atoms with E-state index in [9.17, 15) is 14.4 Å². The summed E-state index contributed by atoms with van der Waals surface area (Å²) in [4.78, 5) is 45.0. The molecule has 32 heavy (non-hydrogen) atoms. The average Bonchev–Trinajstić information content (AvgIpc) is 3.08. The predicted octanol–water partition coefficient (Wildman–Crippen LogP) is 4.08. The molecule has 1 atom stereocenters. The molecule has 2 heterocycles. The number of imide groups is 1. The van der Waals surface area contributed by atoms with E-state index in [2.05, 4.69) is 10.3 Å². The number of pyridine rings is 1. The Morgan fingerprint density at radius 1 is 0.844 bits per heavy atom.